The van der Waals surface area contributed by atoms with E-state index in [4.69, 9.17) is 9.47 Å². The molecule has 3 aliphatic rings. The molecule has 172 valence electrons. The molecule has 32 heavy (non-hydrogen) atoms. The van der Waals surface area contributed by atoms with Gasteiger partial charge >= 0.3 is 0 Å². The minimum absolute atomic E-state index is 0.0826. The Hall–Kier alpha value is -2.49. The number of carbonyl (C=O) groups is 2. The number of amides is 1. The van der Waals surface area contributed by atoms with E-state index in [-0.39, 0.29) is 35.4 Å². The summed E-state index contributed by atoms with van der Waals surface area (Å²) in [5.74, 6) is 0.141. The maximum Gasteiger partial charge on any atom is 0.252 e. The SMILES string of the molecule is COc1ccc(S(=O)(=O)N2CCOCC2)cc1NC(=O)C1=C2CCCCC(=O)C2=C(C)C1. The van der Waals surface area contributed by atoms with Crippen LogP contribution in [0.1, 0.15) is 39.0 Å². The van der Waals surface area contributed by atoms with E-state index in [9.17, 15) is 18.0 Å². The molecule has 0 bridgehead atoms. The van der Waals surface area contributed by atoms with E-state index in [2.05, 4.69) is 5.32 Å². The van der Waals surface area contributed by atoms with E-state index in [1.54, 1.807) is 6.07 Å². The molecule has 1 saturated carbocycles. The topological polar surface area (TPSA) is 102 Å². The zero-order valence-electron chi connectivity index (χ0n) is 18.4. The molecule has 1 N–H and O–H groups in total. The van der Waals surface area contributed by atoms with Gasteiger partial charge in [0.05, 0.1) is 30.9 Å². The molecule has 1 heterocycles. The van der Waals surface area contributed by atoms with Crippen molar-refractivity contribution < 1.29 is 27.5 Å². The van der Waals surface area contributed by atoms with Gasteiger partial charge in [-0.1, -0.05) is 5.57 Å². The predicted molar refractivity (Wildman–Crippen MR) is 119 cm³/mol. The van der Waals surface area contributed by atoms with Crippen LogP contribution in [0.25, 0.3) is 0 Å². The minimum atomic E-state index is -3.72. The van der Waals surface area contributed by atoms with Crippen molar-refractivity contribution in [2.45, 2.75) is 43.9 Å². The van der Waals surface area contributed by atoms with Gasteiger partial charge in [-0.3, -0.25) is 9.59 Å². The number of sulfonamides is 1. The molecule has 9 heteroatoms. The fraction of sp³-hybridized carbons (Fsp3) is 0.478. The van der Waals surface area contributed by atoms with Gasteiger partial charge < -0.3 is 14.8 Å². The van der Waals surface area contributed by atoms with E-state index < -0.39 is 10.0 Å². The molecule has 1 aromatic carbocycles. The lowest BCUT2D eigenvalue weighted by Gasteiger charge is -2.26. The number of hydrogen-bond acceptors (Lipinski definition) is 6. The molecule has 0 radical (unpaired) electrons. The summed E-state index contributed by atoms with van der Waals surface area (Å²) in [4.78, 5) is 25.8. The monoisotopic (exact) mass is 460 g/mol. The molecule has 2 fully saturated rings. The van der Waals surface area contributed by atoms with Crippen molar-refractivity contribution in [3.8, 4) is 5.75 Å². The van der Waals surface area contributed by atoms with Crippen LogP contribution in [0.3, 0.4) is 0 Å². The number of fused-ring (bicyclic) bond motifs is 1. The van der Waals surface area contributed by atoms with Crippen molar-refractivity contribution in [2.75, 3.05) is 38.7 Å². The number of anilines is 1. The lowest BCUT2D eigenvalue weighted by Crippen LogP contribution is -2.40. The number of nitrogens with zero attached hydrogens (tertiary/aromatic N) is 1. The number of morpholine rings is 1. The smallest absolute Gasteiger partial charge is 0.252 e. The Bertz CT molecular complexity index is 1110. The van der Waals surface area contributed by atoms with Gasteiger partial charge in [-0.15, -0.1) is 0 Å². The quantitative estimate of drug-likeness (QED) is 0.725. The van der Waals surface area contributed by atoms with Crippen molar-refractivity contribution in [1.82, 2.24) is 4.31 Å². The molecule has 1 amide bonds. The second-order valence-corrected chi connectivity index (χ2v) is 10.2. The van der Waals surface area contributed by atoms with Crippen molar-refractivity contribution in [1.29, 1.82) is 0 Å². The van der Waals surface area contributed by atoms with Gasteiger partial charge in [0.25, 0.3) is 5.91 Å². The van der Waals surface area contributed by atoms with Crippen LogP contribution < -0.4 is 10.1 Å². The van der Waals surface area contributed by atoms with E-state index in [1.807, 2.05) is 6.92 Å². The van der Waals surface area contributed by atoms with Crippen LogP contribution in [-0.4, -0.2) is 57.8 Å². The highest BCUT2D eigenvalue weighted by atomic mass is 32.2. The van der Waals surface area contributed by atoms with Crippen LogP contribution in [0.5, 0.6) is 5.75 Å². The van der Waals surface area contributed by atoms with Crippen LogP contribution in [0.2, 0.25) is 0 Å². The largest absolute Gasteiger partial charge is 0.495 e. The van der Waals surface area contributed by atoms with Crippen LogP contribution in [0.4, 0.5) is 5.69 Å². The number of benzene rings is 1. The first-order valence-corrected chi connectivity index (χ1v) is 12.3. The van der Waals surface area contributed by atoms with Crippen LogP contribution in [-0.2, 0) is 24.3 Å². The van der Waals surface area contributed by atoms with Gasteiger partial charge in [0.1, 0.15) is 5.75 Å². The molecule has 0 aromatic heterocycles. The average Bonchev–Trinajstić information content (AvgIpc) is 3.00. The summed E-state index contributed by atoms with van der Waals surface area (Å²) >= 11 is 0. The molecular weight excluding hydrogens is 432 g/mol. The lowest BCUT2D eigenvalue weighted by molar-refractivity contribution is -0.115. The Morgan fingerprint density at radius 3 is 2.59 bits per heavy atom. The Labute approximate surface area is 188 Å². The summed E-state index contributed by atoms with van der Waals surface area (Å²) in [5, 5.41) is 2.84. The Morgan fingerprint density at radius 2 is 1.88 bits per heavy atom. The number of ether oxygens (including phenoxy) is 2. The van der Waals surface area contributed by atoms with Crippen LogP contribution in [0.15, 0.2) is 45.4 Å². The minimum Gasteiger partial charge on any atom is -0.495 e. The third-order valence-corrected chi connectivity index (χ3v) is 8.09. The molecule has 2 aliphatic carbocycles. The normalized spacial score (nSPS) is 20.2. The Balaban J connectivity index is 1.63. The summed E-state index contributed by atoms with van der Waals surface area (Å²) in [6.07, 6.45) is 3.33. The number of nitrogens with one attached hydrogen (secondary N) is 1. The average molecular weight is 461 g/mol. The van der Waals surface area contributed by atoms with Gasteiger partial charge in [0, 0.05) is 30.7 Å². The summed E-state index contributed by atoms with van der Waals surface area (Å²) in [6.45, 7) is 3.17. The Morgan fingerprint density at radius 1 is 1.16 bits per heavy atom. The lowest BCUT2D eigenvalue weighted by atomic mass is 9.99. The molecule has 0 unspecified atom stereocenters. The molecule has 1 aliphatic heterocycles. The number of carbonyl (C=O) groups excluding carboxylic acids is 2. The number of hydrogen-bond donors (Lipinski definition) is 1. The third-order valence-electron chi connectivity index (χ3n) is 6.20. The molecule has 0 atom stereocenters. The first kappa shape index (κ1) is 22.7. The van der Waals surface area contributed by atoms with E-state index in [1.165, 1.54) is 23.5 Å². The highest BCUT2D eigenvalue weighted by molar-refractivity contribution is 7.89. The standard InChI is InChI=1S/C23H28N2O6S/c1-15-13-18(17-5-3-4-6-20(26)22(15)17)23(27)24-19-14-16(7-8-21(19)30-2)32(28,29)25-9-11-31-12-10-25/h7-8,14H,3-6,9-13H2,1-2H3,(H,24,27). The van der Waals surface area contributed by atoms with Crippen molar-refractivity contribution in [3.05, 3.63) is 40.5 Å². The molecule has 1 saturated heterocycles. The number of Topliss-reactive ketones (excluding diaryl/α,β-unsaturated/α-hetero) is 1. The summed E-state index contributed by atoms with van der Waals surface area (Å²) in [6, 6.07) is 4.45. The number of rotatable bonds is 5. The summed E-state index contributed by atoms with van der Waals surface area (Å²) in [5.41, 5.74) is 3.33. The number of methoxy groups -OCH3 is 1. The van der Waals surface area contributed by atoms with Gasteiger partial charge in [-0.05, 0) is 56.4 Å². The summed E-state index contributed by atoms with van der Waals surface area (Å²) < 4.78 is 38.1. The zero-order chi connectivity index (χ0) is 22.9. The maximum absolute atomic E-state index is 13.2. The Kier molecular flexibility index (Phi) is 6.50. The highest BCUT2D eigenvalue weighted by Gasteiger charge is 2.32. The predicted octanol–water partition coefficient (Wildman–Crippen LogP) is 2.81. The van der Waals surface area contributed by atoms with Gasteiger partial charge in [-0.2, -0.15) is 4.31 Å². The van der Waals surface area contributed by atoms with Crippen LogP contribution >= 0.6 is 0 Å². The molecule has 8 nitrogen and oxygen atoms in total. The van der Waals surface area contributed by atoms with Crippen LogP contribution in [0, 0.1) is 0 Å². The van der Waals surface area contributed by atoms with Gasteiger partial charge in [0.2, 0.25) is 10.0 Å². The van der Waals surface area contributed by atoms with Crippen molar-refractivity contribution >= 4 is 27.4 Å². The second kappa shape index (κ2) is 9.17. The molecule has 1 aromatic rings. The summed E-state index contributed by atoms with van der Waals surface area (Å²) in [7, 11) is -2.26. The van der Waals surface area contributed by atoms with Gasteiger partial charge in [0.15, 0.2) is 5.78 Å². The van der Waals surface area contributed by atoms with E-state index >= 15 is 0 Å². The first-order chi connectivity index (χ1) is 15.3. The third kappa shape index (κ3) is 4.24. The van der Waals surface area contributed by atoms with E-state index in [0.717, 1.165) is 24.0 Å². The van der Waals surface area contributed by atoms with Crippen molar-refractivity contribution in [3.63, 3.8) is 0 Å². The second-order valence-electron chi connectivity index (χ2n) is 8.25. The fourth-order valence-electron chi connectivity index (χ4n) is 4.56. The van der Waals surface area contributed by atoms with Gasteiger partial charge in [-0.25, -0.2) is 8.42 Å². The van der Waals surface area contributed by atoms with E-state index in [0.29, 0.717) is 49.4 Å². The van der Waals surface area contributed by atoms with Crippen molar-refractivity contribution in [2.24, 2.45) is 0 Å². The highest BCUT2D eigenvalue weighted by Crippen LogP contribution is 2.39. The zero-order valence-corrected chi connectivity index (χ0v) is 19.2. The molecule has 0 spiro atoms. The molecule has 4 rings (SSSR count). The fourth-order valence-corrected chi connectivity index (χ4v) is 5.99. The number of ketones is 1. The molecular formula is C23H28N2O6S. The number of allylic oxidation sites excluding steroid dienone is 3. The maximum atomic E-state index is 13.2. The first-order valence-electron chi connectivity index (χ1n) is 10.9.